The number of hydrogen-bond acceptors (Lipinski definition) is 2. The Kier molecular flexibility index (Phi) is 5.03. The van der Waals surface area contributed by atoms with E-state index >= 15 is 0 Å². The summed E-state index contributed by atoms with van der Waals surface area (Å²) >= 11 is 0. The topological polar surface area (TPSA) is 21.3 Å². The highest BCUT2D eigenvalue weighted by Crippen LogP contribution is 2.22. The second-order valence-corrected chi connectivity index (χ2v) is 5.78. The van der Waals surface area contributed by atoms with Gasteiger partial charge in [0.25, 0.3) is 0 Å². The first-order valence-corrected chi connectivity index (χ1v) is 7.45. The fraction of sp³-hybridized carbons (Fsp3) is 0.368. The van der Waals surface area contributed by atoms with Crippen molar-refractivity contribution in [1.29, 1.82) is 0 Å². The number of hydrogen-bond donors (Lipinski definition) is 1. The molecule has 0 amide bonds. The molecule has 0 saturated carbocycles. The van der Waals surface area contributed by atoms with Crippen molar-refractivity contribution in [3.63, 3.8) is 0 Å². The van der Waals surface area contributed by atoms with Crippen LogP contribution in [0.3, 0.4) is 0 Å². The second-order valence-electron chi connectivity index (χ2n) is 5.78. The molecule has 0 spiro atoms. The van der Waals surface area contributed by atoms with Crippen molar-refractivity contribution in [1.82, 2.24) is 5.32 Å². The molecule has 112 valence electrons. The van der Waals surface area contributed by atoms with E-state index in [0.717, 1.165) is 12.3 Å². The number of rotatable bonds is 5. The maximum absolute atomic E-state index is 5.44. The molecule has 1 N–H and O–H groups in total. The molecule has 21 heavy (non-hydrogen) atoms. The Hall–Kier alpha value is -1.80. The molecule has 0 bridgehead atoms. The average Bonchev–Trinajstić information content (AvgIpc) is 2.47. The Bertz CT molecular complexity index is 619. The van der Waals surface area contributed by atoms with Gasteiger partial charge in [0.2, 0.25) is 0 Å². The molecule has 2 aromatic rings. The van der Waals surface area contributed by atoms with Crippen LogP contribution in [0.15, 0.2) is 36.4 Å². The predicted octanol–water partition coefficient (Wildman–Crippen LogP) is 4.47. The lowest BCUT2D eigenvalue weighted by Crippen LogP contribution is -2.19. The Morgan fingerprint density at radius 1 is 1.00 bits per heavy atom. The van der Waals surface area contributed by atoms with Crippen LogP contribution in [0.25, 0.3) is 0 Å². The molecule has 2 nitrogen and oxygen atoms in total. The molecule has 0 aliphatic carbocycles. The molecule has 0 saturated heterocycles. The average molecular weight is 283 g/mol. The van der Waals surface area contributed by atoms with Crippen molar-refractivity contribution >= 4 is 0 Å². The van der Waals surface area contributed by atoms with Gasteiger partial charge in [-0.05, 0) is 44.9 Å². The monoisotopic (exact) mass is 283 g/mol. The third-order valence-corrected chi connectivity index (χ3v) is 3.94. The van der Waals surface area contributed by atoms with E-state index in [4.69, 9.17) is 4.74 Å². The molecule has 1 atom stereocenters. The largest absolute Gasteiger partial charge is 0.496 e. The molecule has 0 radical (unpaired) electrons. The van der Waals surface area contributed by atoms with Gasteiger partial charge in [-0.3, -0.25) is 0 Å². The summed E-state index contributed by atoms with van der Waals surface area (Å²) in [6.07, 6.45) is 0. The SMILES string of the molecule is COc1ccc(C)cc1CNC(C)c1cc(C)ccc1C. The minimum Gasteiger partial charge on any atom is -0.496 e. The summed E-state index contributed by atoms with van der Waals surface area (Å²) in [6, 6.07) is 13.2. The van der Waals surface area contributed by atoms with Crippen LogP contribution in [0.4, 0.5) is 0 Å². The molecule has 2 rings (SSSR count). The normalized spacial score (nSPS) is 12.2. The molecule has 0 aromatic heterocycles. The third kappa shape index (κ3) is 3.85. The van der Waals surface area contributed by atoms with E-state index < -0.39 is 0 Å². The van der Waals surface area contributed by atoms with Crippen molar-refractivity contribution < 1.29 is 4.74 Å². The van der Waals surface area contributed by atoms with Crippen molar-refractivity contribution in [2.24, 2.45) is 0 Å². The van der Waals surface area contributed by atoms with Crippen molar-refractivity contribution in [2.45, 2.75) is 40.3 Å². The van der Waals surface area contributed by atoms with E-state index in [0.29, 0.717) is 6.04 Å². The molecule has 2 heteroatoms. The molecule has 0 aliphatic rings. The van der Waals surface area contributed by atoms with Crippen LogP contribution >= 0.6 is 0 Å². The Balaban J connectivity index is 2.12. The van der Waals surface area contributed by atoms with Gasteiger partial charge in [0.05, 0.1) is 7.11 Å². The summed E-state index contributed by atoms with van der Waals surface area (Å²) in [7, 11) is 1.72. The van der Waals surface area contributed by atoms with E-state index in [-0.39, 0.29) is 0 Å². The number of methoxy groups -OCH3 is 1. The maximum Gasteiger partial charge on any atom is 0.123 e. The Morgan fingerprint density at radius 2 is 1.67 bits per heavy atom. The predicted molar refractivity (Wildman–Crippen MR) is 88.9 cm³/mol. The van der Waals surface area contributed by atoms with Crippen molar-refractivity contribution in [3.05, 3.63) is 64.2 Å². The fourth-order valence-electron chi connectivity index (χ4n) is 2.64. The molecule has 0 aliphatic heterocycles. The highest BCUT2D eigenvalue weighted by Gasteiger charge is 2.10. The van der Waals surface area contributed by atoms with Gasteiger partial charge in [-0.15, -0.1) is 0 Å². The van der Waals surface area contributed by atoms with Gasteiger partial charge in [-0.1, -0.05) is 41.5 Å². The van der Waals surface area contributed by atoms with Crippen LogP contribution in [0.1, 0.15) is 40.8 Å². The smallest absolute Gasteiger partial charge is 0.123 e. The van der Waals surface area contributed by atoms with Crippen LogP contribution in [0, 0.1) is 20.8 Å². The lowest BCUT2D eigenvalue weighted by atomic mass is 9.99. The number of nitrogens with one attached hydrogen (secondary N) is 1. The fourth-order valence-corrected chi connectivity index (χ4v) is 2.64. The van der Waals surface area contributed by atoms with E-state index in [2.05, 4.69) is 63.3 Å². The van der Waals surface area contributed by atoms with Crippen LogP contribution in [0.2, 0.25) is 0 Å². The van der Waals surface area contributed by atoms with E-state index in [1.165, 1.54) is 27.8 Å². The van der Waals surface area contributed by atoms with Gasteiger partial charge >= 0.3 is 0 Å². The number of ether oxygens (including phenoxy) is 1. The van der Waals surface area contributed by atoms with Crippen molar-refractivity contribution in [2.75, 3.05) is 7.11 Å². The summed E-state index contributed by atoms with van der Waals surface area (Å²) < 4.78 is 5.44. The number of benzene rings is 2. The Morgan fingerprint density at radius 3 is 2.38 bits per heavy atom. The summed E-state index contributed by atoms with van der Waals surface area (Å²) in [5.74, 6) is 0.946. The quantitative estimate of drug-likeness (QED) is 0.874. The van der Waals surface area contributed by atoms with Gasteiger partial charge in [0, 0.05) is 18.2 Å². The van der Waals surface area contributed by atoms with Gasteiger partial charge in [-0.25, -0.2) is 0 Å². The summed E-state index contributed by atoms with van der Waals surface area (Å²) in [5.41, 5.74) is 6.46. The first-order chi connectivity index (χ1) is 10.0. The van der Waals surface area contributed by atoms with Crippen LogP contribution in [0.5, 0.6) is 5.75 Å². The standard InChI is InChI=1S/C19H25NO/c1-13-7-9-19(21-5)17(10-13)12-20-16(4)18-11-14(2)6-8-15(18)3/h6-11,16,20H,12H2,1-5H3. The number of aryl methyl sites for hydroxylation is 3. The first kappa shape index (κ1) is 15.6. The zero-order chi connectivity index (χ0) is 15.4. The van der Waals surface area contributed by atoms with Crippen LogP contribution < -0.4 is 10.1 Å². The highest BCUT2D eigenvalue weighted by atomic mass is 16.5. The van der Waals surface area contributed by atoms with Crippen LogP contribution in [-0.4, -0.2) is 7.11 Å². The zero-order valence-electron chi connectivity index (χ0n) is 13.7. The minimum absolute atomic E-state index is 0.315. The van der Waals surface area contributed by atoms with Gasteiger partial charge < -0.3 is 10.1 Å². The van der Waals surface area contributed by atoms with E-state index in [1.807, 2.05) is 6.07 Å². The van der Waals surface area contributed by atoms with Gasteiger partial charge in [-0.2, -0.15) is 0 Å². The molecule has 1 unspecified atom stereocenters. The summed E-state index contributed by atoms with van der Waals surface area (Å²) in [6.45, 7) is 9.43. The van der Waals surface area contributed by atoms with Crippen LogP contribution in [-0.2, 0) is 6.54 Å². The Labute approximate surface area is 128 Å². The van der Waals surface area contributed by atoms with E-state index in [9.17, 15) is 0 Å². The first-order valence-electron chi connectivity index (χ1n) is 7.45. The lowest BCUT2D eigenvalue weighted by molar-refractivity contribution is 0.406. The summed E-state index contributed by atoms with van der Waals surface area (Å²) in [4.78, 5) is 0. The minimum atomic E-state index is 0.315. The summed E-state index contributed by atoms with van der Waals surface area (Å²) in [5, 5.41) is 3.61. The van der Waals surface area contributed by atoms with Crippen molar-refractivity contribution in [3.8, 4) is 5.75 Å². The molecule has 0 fully saturated rings. The molecule has 2 aromatic carbocycles. The highest BCUT2D eigenvalue weighted by molar-refractivity contribution is 5.37. The third-order valence-electron chi connectivity index (χ3n) is 3.94. The molecule has 0 heterocycles. The van der Waals surface area contributed by atoms with Gasteiger partial charge in [0.1, 0.15) is 5.75 Å². The van der Waals surface area contributed by atoms with Gasteiger partial charge in [0.15, 0.2) is 0 Å². The maximum atomic E-state index is 5.44. The van der Waals surface area contributed by atoms with E-state index in [1.54, 1.807) is 7.11 Å². The lowest BCUT2D eigenvalue weighted by Gasteiger charge is -2.18. The second kappa shape index (κ2) is 6.77. The molecular weight excluding hydrogens is 258 g/mol. The zero-order valence-corrected chi connectivity index (χ0v) is 13.7. The molecular formula is C19H25NO.